The zero-order chi connectivity index (χ0) is 19.5. The molecule has 142 valence electrons. The summed E-state index contributed by atoms with van der Waals surface area (Å²) in [6.45, 7) is 2.01. The van der Waals surface area contributed by atoms with Gasteiger partial charge in [-0.3, -0.25) is 4.79 Å². The molecule has 0 saturated heterocycles. The van der Waals surface area contributed by atoms with Crippen LogP contribution in [0.1, 0.15) is 28.4 Å². The number of carbonyl (C=O) groups is 2. The fourth-order valence-electron chi connectivity index (χ4n) is 3.67. The Bertz CT molecular complexity index is 1050. The zero-order valence-corrected chi connectivity index (χ0v) is 15.7. The van der Waals surface area contributed by atoms with Gasteiger partial charge in [0, 0.05) is 0 Å². The van der Waals surface area contributed by atoms with Gasteiger partial charge in [0.15, 0.2) is 6.61 Å². The molecule has 1 N–H and O–H groups in total. The SMILES string of the molecule is CCOc1ccccc1NC(=O)COC(=O)c1ccc2c3c(cccc13)CC2. The van der Waals surface area contributed by atoms with Crippen molar-refractivity contribution in [3.63, 3.8) is 0 Å². The van der Waals surface area contributed by atoms with Gasteiger partial charge in [-0.25, -0.2) is 4.79 Å². The number of hydrogen-bond donors (Lipinski definition) is 1. The summed E-state index contributed by atoms with van der Waals surface area (Å²) in [5, 5.41) is 4.76. The van der Waals surface area contributed by atoms with Crippen LogP contribution >= 0.6 is 0 Å². The summed E-state index contributed by atoms with van der Waals surface area (Å²) in [6.07, 6.45) is 1.99. The van der Waals surface area contributed by atoms with E-state index in [0.717, 1.165) is 23.6 Å². The highest BCUT2D eigenvalue weighted by atomic mass is 16.5. The maximum absolute atomic E-state index is 12.6. The molecule has 28 heavy (non-hydrogen) atoms. The fraction of sp³-hybridized carbons (Fsp3) is 0.217. The molecule has 0 fully saturated rings. The molecule has 1 aliphatic carbocycles. The summed E-state index contributed by atoms with van der Waals surface area (Å²) in [4.78, 5) is 24.8. The van der Waals surface area contributed by atoms with Crippen molar-refractivity contribution in [3.8, 4) is 5.75 Å². The molecule has 5 nitrogen and oxygen atoms in total. The van der Waals surface area contributed by atoms with Crippen LogP contribution in [0, 0.1) is 0 Å². The lowest BCUT2D eigenvalue weighted by atomic mass is 10.00. The van der Waals surface area contributed by atoms with Crippen molar-refractivity contribution < 1.29 is 19.1 Å². The highest BCUT2D eigenvalue weighted by molar-refractivity contribution is 6.07. The first-order chi connectivity index (χ1) is 13.7. The molecule has 0 aliphatic heterocycles. The van der Waals surface area contributed by atoms with E-state index in [1.807, 2.05) is 31.2 Å². The summed E-state index contributed by atoms with van der Waals surface area (Å²) >= 11 is 0. The van der Waals surface area contributed by atoms with Crippen molar-refractivity contribution >= 4 is 28.3 Å². The van der Waals surface area contributed by atoms with E-state index >= 15 is 0 Å². The minimum atomic E-state index is -0.496. The van der Waals surface area contributed by atoms with Crippen LogP contribution in [0.5, 0.6) is 5.75 Å². The molecular weight excluding hydrogens is 354 g/mol. The number of aryl methyl sites for hydroxylation is 2. The maximum atomic E-state index is 12.6. The number of benzene rings is 3. The van der Waals surface area contributed by atoms with Crippen LogP contribution in [-0.2, 0) is 22.4 Å². The standard InChI is InChI=1S/C23H21NO4/c1-2-27-20-9-4-3-8-19(20)24-21(25)14-28-23(26)18-13-12-16-11-10-15-6-5-7-17(18)22(15)16/h3-9,12-13H,2,10-11,14H2,1H3,(H,24,25). The lowest BCUT2D eigenvalue weighted by Crippen LogP contribution is -2.21. The number of amides is 1. The summed E-state index contributed by atoms with van der Waals surface area (Å²) in [7, 11) is 0. The maximum Gasteiger partial charge on any atom is 0.339 e. The molecule has 0 saturated carbocycles. The van der Waals surface area contributed by atoms with E-state index in [-0.39, 0.29) is 6.61 Å². The second kappa shape index (κ2) is 7.72. The molecular formula is C23H21NO4. The van der Waals surface area contributed by atoms with E-state index in [2.05, 4.69) is 11.4 Å². The smallest absolute Gasteiger partial charge is 0.339 e. The Morgan fingerprint density at radius 1 is 0.964 bits per heavy atom. The van der Waals surface area contributed by atoms with Crippen molar-refractivity contribution in [2.75, 3.05) is 18.5 Å². The first kappa shape index (κ1) is 18.0. The van der Waals surface area contributed by atoms with Crippen molar-refractivity contribution in [2.45, 2.75) is 19.8 Å². The number of anilines is 1. The quantitative estimate of drug-likeness (QED) is 0.658. The largest absolute Gasteiger partial charge is 0.492 e. The first-order valence-corrected chi connectivity index (χ1v) is 9.39. The minimum absolute atomic E-state index is 0.359. The van der Waals surface area contributed by atoms with Gasteiger partial charge >= 0.3 is 5.97 Å². The van der Waals surface area contributed by atoms with E-state index in [9.17, 15) is 9.59 Å². The lowest BCUT2D eigenvalue weighted by molar-refractivity contribution is -0.119. The lowest BCUT2D eigenvalue weighted by Gasteiger charge is -2.12. The summed E-state index contributed by atoms with van der Waals surface area (Å²) in [5.74, 6) is -0.326. The molecule has 0 aromatic heterocycles. The third kappa shape index (κ3) is 3.43. The second-order valence-electron chi connectivity index (χ2n) is 6.67. The number of rotatable bonds is 6. The van der Waals surface area contributed by atoms with E-state index in [1.165, 1.54) is 11.1 Å². The van der Waals surface area contributed by atoms with Gasteiger partial charge in [0.2, 0.25) is 0 Å². The normalized spacial score (nSPS) is 12.0. The Labute approximate surface area is 163 Å². The molecule has 0 spiro atoms. The number of para-hydroxylation sites is 2. The molecule has 3 aromatic carbocycles. The van der Waals surface area contributed by atoms with E-state index in [1.54, 1.807) is 24.3 Å². The fourth-order valence-corrected chi connectivity index (χ4v) is 3.67. The van der Waals surface area contributed by atoms with Gasteiger partial charge in [0.25, 0.3) is 5.91 Å². The number of hydrogen-bond acceptors (Lipinski definition) is 4. The number of ether oxygens (including phenoxy) is 2. The topological polar surface area (TPSA) is 64.6 Å². The van der Waals surface area contributed by atoms with Crippen LogP contribution in [0.2, 0.25) is 0 Å². The van der Waals surface area contributed by atoms with Crippen molar-refractivity contribution in [3.05, 3.63) is 71.3 Å². The van der Waals surface area contributed by atoms with Gasteiger partial charge < -0.3 is 14.8 Å². The van der Waals surface area contributed by atoms with Crippen LogP contribution in [0.3, 0.4) is 0 Å². The summed E-state index contributed by atoms with van der Waals surface area (Å²) in [6, 6.07) is 16.9. The highest BCUT2D eigenvalue weighted by Gasteiger charge is 2.20. The van der Waals surface area contributed by atoms with Gasteiger partial charge in [-0.2, -0.15) is 0 Å². The second-order valence-corrected chi connectivity index (χ2v) is 6.67. The Balaban J connectivity index is 1.46. The minimum Gasteiger partial charge on any atom is -0.492 e. The van der Waals surface area contributed by atoms with Crippen molar-refractivity contribution in [1.29, 1.82) is 0 Å². The molecule has 0 radical (unpaired) electrons. The number of nitrogens with one attached hydrogen (secondary N) is 1. The molecule has 5 heteroatoms. The van der Waals surface area contributed by atoms with Crippen LogP contribution in [0.15, 0.2) is 54.6 Å². The van der Waals surface area contributed by atoms with Crippen LogP contribution in [0.4, 0.5) is 5.69 Å². The van der Waals surface area contributed by atoms with E-state index in [0.29, 0.717) is 23.6 Å². The zero-order valence-electron chi connectivity index (χ0n) is 15.7. The van der Waals surface area contributed by atoms with Crippen LogP contribution in [0.25, 0.3) is 10.8 Å². The molecule has 4 rings (SSSR count). The molecule has 0 atom stereocenters. The predicted octanol–water partition coefficient (Wildman–Crippen LogP) is 4.13. The van der Waals surface area contributed by atoms with Crippen LogP contribution in [-0.4, -0.2) is 25.1 Å². The van der Waals surface area contributed by atoms with E-state index < -0.39 is 11.9 Å². The number of esters is 1. The van der Waals surface area contributed by atoms with Crippen molar-refractivity contribution in [1.82, 2.24) is 0 Å². The van der Waals surface area contributed by atoms with Gasteiger partial charge in [0.1, 0.15) is 5.75 Å². The Morgan fingerprint density at radius 3 is 2.57 bits per heavy atom. The predicted molar refractivity (Wildman–Crippen MR) is 108 cm³/mol. The third-order valence-electron chi connectivity index (χ3n) is 4.89. The third-order valence-corrected chi connectivity index (χ3v) is 4.89. The molecule has 3 aromatic rings. The Hall–Kier alpha value is -3.34. The average Bonchev–Trinajstić information content (AvgIpc) is 3.13. The van der Waals surface area contributed by atoms with E-state index in [4.69, 9.17) is 9.47 Å². The highest BCUT2D eigenvalue weighted by Crippen LogP contribution is 2.33. The molecule has 1 amide bonds. The van der Waals surface area contributed by atoms with Crippen LogP contribution < -0.4 is 10.1 Å². The first-order valence-electron chi connectivity index (χ1n) is 9.39. The van der Waals surface area contributed by atoms with Gasteiger partial charge in [-0.05, 0) is 59.9 Å². The van der Waals surface area contributed by atoms with Gasteiger partial charge in [0.05, 0.1) is 17.9 Å². The molecule has 0 bridgehead atoms. The summed E-state index contributed by atoms with van der Waals surface area (Å²) in [5.41, 5.74) is 3.56. The molecule has 0 unspecified atom stereocenters. The summed E-state index contributed by atoms with van der Waals surface area (Å²) < 4.78 is 10.8. The van der Waals surface area contributed by atoms with Gasteiger partial charge in [-0.15, -0.1) is 0 Å². The Morgan fingerprint density at radius 2 is 1.75 bits per heavy atom. The number of carbonyl (C=O) groups excluding carboxylic acids is 2. The van der Waals surface area contributed by atoms with Crippen molar-refractivity contribution in [2.24, 2.45) is 0 Å². The monoisotopic (exact) mass is 375 g/mol. The molecule has 0 heterocycles. The molecule has 1 aliphatic rings. The Kier molecular flexibility index (Phi) is 4.98. The average molecular weight is 375 g/mol. The van der Waals surface area contributed by atoms with Gasteiger partial charge in [-0.1, -0.05) is 36.4 Å².